The van der Waals surface area contributed by atoms with Crippen molar-refractivity contribution in [2.45, 2.75) is 44.4 Å². The normalized spacial score (nSPS) is 14.2. The summed E-state index contributed by atoms with van der Waals surface area (Å²) < 4.78 is 2.91. The van der Waals surface area contributed by atoms with Crippen molar-refractivity contribution in [3.8, 4) is 0 Å². The van der Waals surface area contributed by atoms with Crippen LogP contribution in [-0.4, -0.2) is 41.3 Å². The van der Waals surface area contributed by atoms with E-state index in [9.17, 15) is 14.4 Å². The number of rotatable bonds is 7. The van der Waals surface area contributed by atoms with Gasteiger partial charge < -0.3 is 5.73 Å². The Kier molecular flexibility index (Phi) is 4.75. The number of hydrogen-bond acceptors (Lipinski definition) is 8. The largest absolute Gasteiger partial charge is 0.384 e. The molecule has 25 heavy (non-hydrogen) atoms. The maximum atomic E-state index is 12.5. The average molecular weight is 365 g/mol. The Morgan fingerprint density at radius 2 is 2.12 bits per heavy atom. The van der Waals surface area contributed by atoms with Gasteiger partial charge in [-0.05, 0) is 29.2 Å². The lowest BCUT2D eigenvalue weighted by Gasteiger charge is -2.13. The van der Waals surface area contributed by atoms with Crippen LogP contribution >= 0.6 is 11.8 Å². The Bertz CT molecular complexity index is 910. The summed E-state index contributed by atoms with van der Waals surface area (Å²) in [5.74, 6) is -0.479. The molecule has 2 aromatic heterocycles. The fourth-order valence-corrected chi connectivity index (χ4v) is 3.25. The second-order valence-electron chi connectivity index (χ2n) is 6.37. The van der Waals surface area contributed by atoms with Crippen molar-refractivity contribution >= 4 is 23.4 Å². The van der Waals surface area contributed by atoms with Gasteiger partial charge in [-0.15, -0.1) is 5.10 Å². The molecule has 0 saturated heterocycles. The van der Waals surface area contributed by atoms with E-state index in [0.717, 1.165) is 24.6 Å². The minimum Gasteiger partial charge on any atom is -0.384 e. The van der Waals surface area contributed by atoms with Gasteiger partial charge in [-0.3, -0.25) is 19.1 Å². The van der Waals surface area contributed by atoms with Crippen LogP contribution in [0.3, 0.4) is 0 Å². The van der Waals surface area contributed by atoms with Crippen LogP contribution in [-0.2, 0) is 6.54 Å². The van der Waals surface area contributed by atoms with Crippen LogP contribution in [0.2, 0.25) is 0 Å². The highest BCUT2D eigenvalue weighted by Gasteiger charge is 2.28. The van der Waals surface area contributed by atoms with Gasteiger partial charge in [0.25, 0.3) is 5.56 Å². The third kappa shape index (κ3) is 3.65. The van der Waals surface area contributed by atoms with Gasteiger partial charge in [0, 0.05) is 6.54 Å². The third-order valence-electron chi connectivity index (χ3n) is 3.75. The fourth-order valence-electron chi connectivity index (χ4n) is 2.43. The van der Waals surface area contributed by atoms with Crippen molar-refractivity contribution in [2.75, 3.05) is 11.5 Å². The summed E-state index contributed by atoms with van der Waals surface area (Å²) in [5, 5.41) is 12.0. The van der Waals surface area contributed by atoms with Gasteiger partial charge in [-0.2, -0.15) is 0 Å². The Morgan fingerprint density at radius 3 is 2.76 bits per heavy atom. The van der Waals surface area contributed by atoms with E-state index in [4.69, 9.17) is 5.73 Å². The molecular weight excluding hydrogens is 346 g/mol. The molecule has 0 radical (unpaired) electrons. The van der Waals surface area contributed by atoms with Crippen LogP contribution in [0.5, 0.6) is 0 Å². The number of aromatic amines is 1. The molecule has 1 saturated carbocycles. The van der Waals surface area contributed by atoms with Gasteiger partial charge in [0.05, 0.1) is 11.8 Å². The number of carbonyl (C=O) groups excluding carboxylic acids is 1. The van der Waals surface area contributed by atoms with Crippen LogP contribution in [0.4, 0.5) is 5.82 Å². The molecule has 0 aliphatic heterocycles. The Balaban J connectivity index is 1.83. The SMILES string of the molecule is CC(C)Cn1c(N)c(C(=O)CSc2nnnn2C2CC2)c(=O)[nH]c1=O. The Labute approximate surface area is 146 Å². The van der Waals surface area contributed by atoms with E-state index in [1.807, 2.05) is 13.8 Å². The molecule has 0 spiro atoms. The summed E-state index contributed by atoms with van der Waals surface area (Å²) in [6.45, 7) is 4.13. The second kappa shape index (κ2) is 6.82. The van der Waals surface area contributed by atoms with Crippen molar-refractivity contribution in [2.24, 2.45) is 5.92 Å². The predicted molar refractivity (Wildman–Crippen MR) is 91.7 cm³/mol. The first kappa shape index (κ1) is 17.4. The average Bonchev–Trinajstić information content (AvgIpc) is 3.27. The molecule has 11 heteroatoms. The first-order chi connectivity index (χ1) is 11.9. The van der Waals surface area contributed by atoms with Gasteiger partial charge in [0.1, 0.15) is 11.4 Å². The van der Waals surface area contributed by atoms with E-state index in [1.165, 1.54) is 4.57 Å². The summed E-state index contributed by atoms with van der Waals surface area (Å²) >= 11 is 1.15. The predicted octanol–water partition coefficient (Wildman–Crippen LogP) is 0.0712. The molecule has 1 fully saturated rings. The van der Waals surface area contributed by atoms with Gasteiger partial charge in [0.15, 0.2) is 5.78 Å². The highest BCUT2D eigenvalue weighted by molar-refractivity contribution is 7.99. The van der Waals surface area contributed by atoms with Gasteiger partial charge >= 0.3 is 5.69 Å². The smallest absolute Gasteiger partial charge is 0.329 e. The van der Waals surface area contributed by atoms with E-state index >= 15 is 0 Å². The molecule has 2 heterocycles. The number of nitrogens with one attached hydrogen (secondary N) is 1. The first-order valence-corrected chi connectivity index (χ1v) is 8.93. The number of carbonyl (C=O) groups is 1. The van der Waals surface area contributed by atoms with E-state index < -0.39 is 17.0 Å². The van der Waals surface area contributed by atoms with Gasteiger partial charge in [-0.25, -0.2) is 9.48 Å². The molecule has 0 atom stereocenters. The quantitative estimate of drug-likeness (QED) is 0.518. The molecule has 1 aliphatic rings. The van der Waals surface area contributed by atoms with Crippen LogP contribution in [0, 0.1) is 5.92 Å². The number of Topliss-reactive ketones (excluding diaryl/α,β-unsaturated/α-hetero) is 1. The molecule has 0 unspecified atom stereocenters. The van der Waals surface area contributed by atoms with Gasteiger partial charge in [0.2, 0.25) is 5.16 Å². The number of aromatic nitrogens is 6. The zero-order valence-corrected chi connectivity index (χ0v) is 14.7. The highest BCUT2D eigenvalue weighted by atomic mass is 32.2. The number of hydrogen-bond donors (Lipinski definition) is 2. The maximum absolute atomic E-state index is 12.5. The summed E-state index contributed by atoms with van der Waals surface area (Å²) in [7, 11) is 0. The van der Waals surface area contributed by atoms with Crippen LogP contribution < -0.4 is 17.0 Å². The van der Waals surface area contributed by atoms with Gasteiger partial charge in [-0.1, -0.05) is 25.6 Å². The van der Waals surface area contributed by atoms with Crippen molar-refractivity contribution in [3.63, 3.8) is 0 Å². The third-order valence-corrected chi connectivity index (χ3v) is 4.69. The van der Waals surface area contributed by atoms with E-state index in [-0.39, 0.29) is 29.1 Å². The molecule has 3 rings (SSSR count). The molecule has 3 N–H and O–H groups in total. The van der Waals surface area contributed by atoms with Crippen LogP contribution in [0.1, 0.15) is 43.1 Å². The molecular formula is C14H19N7O3S. The molecule has 10 nitrogen and oxygen atoms in total. The number of tetrazole rings is 1. The number of ketones is 1. The van der Waals surface area contributed by atoms with E-state index in [2.05, 4.69) is 20.5 Å². The Hall–Kier alpha value is -2.43. The topological polar surface area (TPSA) is 142 Å². The monoisotopic (exact) mass is 365 g/mol. The molecule has 0 bridgehead atoms. The summed E-state index contributed by atoms with van der Waals surface area (Å²) in [6, 6.07) is 0.286. The van der Waals surface area contributed by atoms with Crippen LogP contribution in [0.25, 0.3) is 0 Å². The first-order valence-electron chi connectivity index (χ1n) is 7.95. The number of nitrogens with two attached hydrogens (primary N) is 1. The number of H-pyrrole nitrogens is 1. The fraction of sp³-hybridized carbons (Fsp3) is 0.571. The minimum atomic E-state index is -0.769. The van der Waals surface area contributed by atoms with Crippen molar-refractivity contribution in [3.05, 3.63) is 26.4 Å². The summed E-state index contributed by atoms with van der Waals surface area (Å²) in [4.78, 5) is 38.7. The number of anilines is 1. The van der Waals surface area contributed by atoms with E-state index in [1.54, 1.807) is 4.68 Å². The lowest BCUT2D eigenvalue weighted by Crippen LogP contribution is -2.37. The zero-order valence-electron chi connectivity index (χ0n) is 13.9. The Morgan fingerprint density at radius 1 is 1.40 bits per heavy atom. The number of nitrogen functional groups attached to an aromatic ring is 1. The van der Waals surface area contributed by atoms with Crippen molar-refractivity contribution in [1.29, 1.82) is 0 Å². The standard InChI is InChI=1S/C14H19N7O3S/c1-7(2)5-20-11(15)10(12(23)16-13(20)24)9(22)6-25-14-17-18-19-21(14)8-3-4-8/h7-8H,3-6,15H2,1-2H3,(H,16,23,24). The number of nitrogens with zero attached hydrogens (tertiary/aromatic N) is 5. The summed E-state index contributed by atoms with van der Waals surface area (Å²) in [6.07, 6.45) is 2.03. The maximum Gasteiger partial charge on any atom is 0.329 e. The molecule has 134 valence electrons. The summed E-state index contributed by atoms with van der Waals surface area (Å²) in [5.41, 5.74) is 4.36. The molecule has 0 amide bonds. The lowest BCUT2D eigenvalue weighted by atomic mass is 10.2. The highest BCUT2D eigenvalue weighted by Crippen LogP contribution is 2.36. The van der Waals surface area contributed by atoms with Crippen LogP contribution in [0.15, 0.2) is 14.7 Å². The van der Waals surface area contributed by atoms with Crippen molar-refractivity contribution in [1.82, 2.24) is 29.8 Å². The van der Waals surface area contributed by atoms with E-state index in [0.29, 0.717) is 11.7 Å². The molecule has 1 aliphatic carbocycles. The number of thioether (sulfide) groups is 1. The lowest BCUT2D eigenvalue weighted by molar-refractivity contribution is 0.102. The minimum absolute atomic E-state index is 0.0414. The molecule has 0 aromatic carbocycles. The van der Waals surface area contributed by atoms with Crippen molar-refractivity contribution < 1.29 is 4.79 Å². The molecule has 2 aromatic rings. The second-order valence-corrected chi connectivity index (χ2v) is 7.32. The zero-order chi connectivity index (χ0) is 18.1.